The topological polar surface area (TPSA) is 115 Å². The Kier molecular flexibility index (Phi) is 7.79. The summed E-state index contributed by atoms with van der Waals surface area (Å²) in [6.07, 6.45) is -1.43. The molecule has 0 saturated carbocycles. The molecule has 10 heteroatoms. The molecule has 0 amide bonds. The molecule has 37 heavy (non-hydrogen) atoms. The molecule has 192 valence electrons. The molecule has 0 aliphatic carbocycles. The Morgan fingerprint density at radius 3 is 2.27 bits per heavy atom. The van der Waals surface area contributed by atoms with Crippen molar-refractivity contribution in [2.75, 3.05) is 6.61 Å². The summed E-state index contributed by atoms with van der Waals surface area (Å²) in [4.78, 5) is 26.1. The molecule has 2 N–H and O–H groups in total. The summed E-state index contributed by atoms with van der Waals surface area (Å²) in [5.74, 6) is -1.55. The van der Waals surface area contributed by atoms with Gasteiger partial charge in [-0.05, 0) is 42.8 Å². The number of nitrogens with one attached hydrogen (secondary N) is 1. The number of para-hydroxylation sites is 1. The van der Waals surface area contributed by atoms with Crippen molar-refractivity contribution in [2.45, 2.75) is 24.0 Å². The SMILES string of the molecule is C[C@@H](O)[C@H](NS(=O)(=O)c1ccc(Cl)cc1)C(=O)OCC(=O)c1c(-c2ccccc2)n(C)c2ccccc12. The van der Waals surface area contributed by atoms with Gasteiger partial charge < -0.3 is 14.4 Å². The normalized spacial score (nSPS) is 13.3. The van der Waals surface area contributed by atoms with E-state index in [1.54, 1.807) is 0 Å². The number of carbonyl (C=O) groups excluding carboxylic acids is 2. The first kappa shape index (κ1) is 26.6. The number of carbonyl (C=O) groups is 2. The van der Waals surface area contributed by atoms with Crippen molar-refractivity contribution in [3.63, 3.8) is 0 Å². The van der Waals surface area contributed by atoms with E-state index in [4.69, 9.17) is 16.3 Å². The summed E-state index contributed by atoms with van der Waals surface area (Å²) in [6, 6.07) is 20.4. The average molecular weight is 541 g/mol. The Labute approximate surface area is 219 Å². The minimum Gasteiger partial charge on any atom is -0.456 e. The first-order valence-corrected chi connectivity index (χ1v) is 13.2. The molecule has 8 nitrogen and oxygen atoms in total. The fourth-order valence-corrected chi connectivity index (χ4v) is 5.48. The number of hydrogen-bond acceptors (Lipinski definition) is 6. The van der Waals surface area contributed by atoms with E-state index in [1.165, 1.54) is 31.2 Å². The number of fused-ring (bicyclic) bond motifs is 1. The number of aromatic nitrogens is 1. The van der Waals surface area contributed by atoms with Crippen molar-refractivity contribution >= 4 is 44.3 Å². The minimum absolute atomic E-state index is 0.144. The zero-order chi connectivity index (χ0) is 26.7. The van der Waals surface area contributed by atoms with Crippen molar-refractivity contribution in [1.82, 2.24) is 9.29 Å². The van der Waals surface area contributed by atoms with Gasteiger partial charge in [-0.3, -0.25) is 9.59 Å². The lowest BCUT2D eigenvalue weighted by Gasteiger charge is -2.20. The lowest BCUT2D eigenvalue weighted by Crippen LogP contribution is -2.48. The maximum atomic E-state index is 13.4. The first-order valence-electron chi connectivity index (χ1n) is 11.4. The van der Waals surface area contributed by atoms with Crippen LogP contribution in [0.1, 0.15) is 17.3 Å². The van der Waals surface area contributed by atoms with Crippen molar-refractivity contribution in [3.05, 3.63) is 89.4 Å². The predicted molar refractivity (Wildman–Crippen MR) is 141 cm³/mol. The van der Waals surface area contributed by atoms with Gasteiger partial charge in [-0.15, -0.1) is 0 Å². The molecule has 1 heterocycles. The molecular weight excluding hydrogens is 516 g/mol. The first-order chi connectivity index (χ1) is 17.6. The highest BCUT2D eigenvalue weighted by atomic mass is 35.5. The molecule has 0 unspecified atom stereocenters. The van der Waals surface area contributed by atoms with Gasteiger partial charge in [0.25, 0.3) is 0 Å². The maximum absolute atomic E-state index is 13.4. The van der Waals surface area contributed by atoms with E-state index < -0.39 is 40.5 Å². The quantitative estimate of drug-likeness (QED) is 0.245. The average Bonchev–Trinajstić information content (AvgIpc) is 3.19. The zero-order valence-electron chi connectivity index (χ0n) is 20.1. The number of aryl methyl sites for hydroxylation is 1. The van der Waals surface area contributed by atoms with Gasteiger partial charge >= 0.3 is 5.97 Å². The molecule has 3 aromatic carbocycles. The van der Waals surface area contributed by atoms with Crippen molar-refractivity contribution in [3.8, 4) is 11.3 Å². The van der Waals surface area contributed by atoms with Crippen molar-refractivity contribution in [1.29, 1.82) is 0 Å². The Morgan fingerprint density at radius 2 is 1.62 bits per heavy atom. The van der Waals surface area contributed by atoms with E-state index in [0.29, 0.717) is 21.7 Å². The van der Waals surface area contributed by atoms with Crippen LogP contribution in [0.2, 0.25) is 5.02 Å². The second kappa shape index (κ2) is 10.9. The summed E-state index contributed by atoms with van der Waals surface area (Å²) >= 11 is 5.82. The van der Waals surface area contributed by atoms with Gasteiger partial charge in [0.05, 0.1) is 22.3 Å². The molecule has 2 atom stereocenters. The maximum Gasteiger partial charge on any atom is 0.327 e. The molecule has 4 aromatic rings. The van der Waals surface area contributed by atoms with Gasteiger partial charge in [-0.25, -0.2) is 8.42 Å². The molecule has 0 aliphatic heterocycles. The van der Waals surface area contributed by atoms with Gasteiger partial charge in [0.15, 0.2) is 6.61 Å². The molecule has 0 radical (unpaired) electrons. The van der Waals surface area contributed by atoms with Gasteiger partial charge in [0.1, 0.15) is 6.04 Å². The third-order valence-corrected chi connectivity index (χ3v) is 7.63. The van der Waals surface area contributed by atoms with Crippen LogP contribution in [0.5, 0.6) is 0 Å². The third kappa shape index (κ3) is 5.60. The Bertz CT molecular complexity index is 1550. The largest absolute Gasteiger partial charge is 0.456 e. The smallest absolute Gasteiger partial charge is 0.327 e. The number of benzene rings is 3. The number of halogens is 1. The number of hydrogen-bond donors (Lipinski definition) is 2. The van der Waals surface area contributed by atoms with Crippen LogP contribution in [0.15, 0.2) is 83.8 Å². The van der Waals surface area contributed by atoms with E-state index in [9.17, 15) is 23.1 Å². The van der Waals surface area contributed by atoms with E-state index in [0.717, 1.165) is 11.1 Å². The zero-order valence-corrected chi connectivity index (χ0v) is 21.7. The number of sulfonamides is 1. The van der Waals surface area contributed by atoms with Crippen LogP contribution >= 0.6 is 11.6 Å². The highest BCUT2D eigenvalue weighted by Gasteiger charge is 2.32. The molecule has 0 aliphatic rings. The fraction of sp³-hybridized carbons (Fsp3) is 0.185. The van der Waals surface area contributed by atoms with Crippen LogP contribution < -0.4 is 4.72 Å². The number of aliphatic hydroxyl groups excluding tert-OH is 1. The van der Waals surface area contributed by atoms with E-state index >= 15 is 0 Å². The van der Waals surface area contributed by atoms with Crippen LogP contribution in [0.3, 0.4) is 0 Å². The molecule has 0 spiro atoms. The number of ether oxygens (including phenoxy) is 1. The summed E-state index contributed by atoms with van der Waals surface area (Å²) in [6.45, 7) is 0.606. The number of rotatable bonds is 9. The fourth-order valence-electron chi connectivity index (χ4n) is 4.10. The Morgan fingerprint density at radius 1 is 1.00 bits per heavy atom. The molecule has 0 saturated heterocycles. The number of esters is 1. The highest BCUT2D eigenvalue weighted by molar-refractivity contribution is 7.89. The van der Waals surface area contributed by atoms with Crippen LogP contribution in [0.4, 0.5) is 0 Å². The molecule has 0 bridgehead atoms. The van der Waals surface area contributed by atoms with Crippen molar-refractivity contribution < 1.29 is 27.9 Å². The lowest BCUT2D eigenvalue weighted by atomic mass is 10.0. The standard InChI is InChI=1S/C27H25ClN2O6S/c1-17(31)25(29-37(34,35)20-14-12-19(28)13-15-20)27(33)36-16-23(32)24-21-10-6-7-11-22(21)30(2)26(24)18-8-4-3-5-9-18/h3-15,17,25,29,31H,16H2,1-2H3/t17-,25+/m1/s1. The third-order valence-electron chi connectivity index (χ3n) is 5.92. The van der Waals surface area contributed by atoms with E-state index in [2.05, 4.69) is 4.72 Å². The molecule has 0 fully saturated rings. The predicted octanol–water partition coefficient (Wildman–Crippen LogP) is 3.95. The van der Waals surface area contributed by atoms with Gasteiger partial charge in [0, 0.05) is 23.0 Å². The lowest BCUT2D eigenvalue weighted by molar-refractivity contribution is -0.147. The molecular formula is C27H25ClN2O6S. The second-order valence-electron chi connectivity index (χ2n) is 8.49. The highest BCUT2D eigenvalue weighted by Crippen LogP contribution is 2.33. The number of Topliss-reactive ketones (excluding diaryl/α,β-unsaturated/α-hetero) is 1. The van der Waals surface area contributed by atoms with Gasteiger partial charge in [0.2, 0.25) is 15.8 Å². The van der Waals surface area contributed by atoms with Gasteiger partial charge in [-0.1, -0.05) is 60.1 Å². The van der Waals surface area contributed by atoms with Crippen LogP contribution in [0, 0.1) is 0 Å². The van der Waals surface area contributed by atoms with Gasteiger partial charge in [-0.2, -0.15) is 4.72 Å². The molecule has 1 aromatic heterocycles. The van der Waals surface area contributed by atoms with Crippen LogP contribution in [-0.4, -0.2) is 48.6 Å². The second-order valence-corrected chi connectivity index (χ2v) is 10.6. The summed E-state index contributed by atoms with van der Waals surface area (Å²) < 4.78 is 34.7. The number of aliphatic hydroxyl groups is 1. The number of ketones is 1. The summed E-state index contributed by atoms with van der Waals surface area (Å²) in [5, 5.41) is 11.2. The Balaban J connectivity index is 1.58. The van der Waals surface area contributed by atoms with E-state index in [-0.39, 0.29) is 4.90 Å². The van der Waals surface area contributed by atoms with E-state index in [1.807, 2.05) is 66.2 Å². The Hall–Kier alpha value is -3.50. The monoisotopic (exact) mass is 540 g/mol. The summed E-state index contributed by atoms with van der Waals surface area (Å²) in [7, 11) is -2.33. The molecule has 4 rings (SSSR count). The minimum atomic E-state index is -4.18. The number of nitrogens with zero attached hydrogens (tertiary/aromatic N) is 1. The van der Waals surface area contributed by atoms with Crippen LogP contribution in [-0.2, 0) is 26.6 Å². The van der Waals surface area contributed by atoms with Crippen LogP contribution in [0.25, 0.3) is 22.2 Å². The van der Waals surface area contributed by atoms with Crippen molar-refractivity contribution in [2.24, 2.45) is 7.05 Å². The summed E-state index contributed by atoms with van der Waals surface area (Å²) in [5.41, 5.74) is 2.69.